The highest BCUT2D eigenvalue weighted by Gasteiger charge is 2.22. The second-order valence-corrected chi connectivity index (χ2v) is 8.04. The number of rotatable bonds is 3. The molecule has 0 radical (unpaired) electrons. The van der Waals surface area contributed by atoms with Crippen molar-refractivity contribution in [3.8, 4) is 0 Å². The second kappa shape index (κ2) is 5.72. The van der Waals surface area contributed by atoms with Gasteiger partial charge in [-0.25, -0.2) is 12.8 Å². The van der Waals surface area contributed by atoms with Gasteiger partial charge >= 0.3 is 0 Å². The standard InChI is InChI=1S/C17H20FNO2S/c1-12-5-8-14(9-6-12)22(20,21)19-16-10-7-13(18)11-15(16)17(2,3)4/h5-11,19H,1-4H3. The van der Waals surface area contributed by atoms with Gasteiger partial charge in [-0.1, -0.05) is 38.5 Å². The summed E-state index contributed by atoms with van der Waals surface area (Å²) >= 11 is 0. The minimum atomic E-state index is -3.70. The third-order valence-corrected chi connectivity index (χ3v) is 4.75. The monoisotopic (exact) mass is 321 g/mol. The van der Waals surface area contributed by atoms with Crippen molar-refractivity contribution < 1.29 is 12.8 Å². The molecule has 0 atom stereocenters. The Bertz CT molecular complexity index is 775. The average molecular weight is 321 g/mol. The molecule has 0 bridgehead atoms. The Balaban J connectivity index is 2.44. The molecule has 0 aromatic heterocycles. The van der Waals surface area contributed by atoms with E-state index in [0.29, 0.717) is 11.3 Å². The van der Waals surface area contributed by atoms with Crippen LogP contribution in [0.2, 0.25) is 0 Å². The van der Waals surface area contributed by atoms with Gasteiger partial charge in [-0.15, -0.1) is 0 Å². The SMILES string of the molecule is Cc1ccc(S(=O)(=O)Nc2ccc(F)cc2C(C)(C)C)cc1. The van der Waals surface area contributed by atoms with E-state index in [2.05, 4.69) is 4.72 Å². The fraction of sp³-hybridized carbons (Fsp3) is 0.294. The number of benzene rings is 2. The van der Waals surface area contributed by atoms with Crippen LogP contribution in [-0.4, -0.2) is 8.42 Å². The number of anilines is 1. The van der Waals surface area contributed by atoms with E-state index in [4.69, 9.17) is 0 Å². The molecule has 1 N–H and O–H groups in total. The van der Waals surface area contributed by atoms with E-state index in [0.717, 1.165) is 5.56 Å². The summed E-state index contributed by atoms with van der Waals surface area (Å²) in [4.78, 5) is 0.183. The van der Waals surface area contributed by atoms with Crippen LogP contribution in [0.5, 0.6) is 0 Å². The fourth-order valence-corrected chi connectivity index (χ4v) is 3.23. The maximum atomic E-state index is 13.5. The van der Waals surface area contributed by atoms with Crippen molar-refractivity contribution in [2.45, 2.75) is 38.0 Å². The Morgan fingerprint density at radius 3 is 2.14 bits per heavy atom. The van der Waals surface area contributed by atoms with Crippen molar-refractivity contribution in [3.05, 3.63) is 59.4 Å². The van der Waals surface area contributed by atoms with Crippen LogP contribution in [0.15, 0.2) is 47.4 Å². The Morgan fingerprint density at radius 1 is 1.00 bits per heavy atom. The number of halogens is 1. The van der Waals surface area contributed by atoms with E-state index >= 15 is 0 Å². The van der Waals surface area contributed by atoms with Crippen LogP contribution in [-0.2, 0) is 15.4 Å². The molecule has 0 amide bonds. The molecule has 118 valence electrons. The first-order chi connectivity index (χ1) is 10.1. The molecule has 5 heteroatoms. The summed E-state index contributed by atoms with van der Waals surface area (Å²) in [6, 6.07) is 10.7. The molecule has 3 nitrogen and oxygen atoms in total. The lowest BCUT2D eigenvalue weighted by molar-refractivity contribution is 0.573. The van der Waals surface area contributed by atoms with Gasteiger partial charge in [-0.2, -0.15) is 0 Å². The van der Waals surface area contributed by atoms with Crippen molar-refractivity contribution in [1.82, 2.24) is 0 Å². The molecule has 0 saturated heterocycles. The molecule has 22 heavy (non-hydrogen) atoms. The van der Waals surface area contributed by atoms with Gasteiger partial charge in [-0.3, -0.25) is 4.72 Å². The van der Waals surface area contributed by atoms with E-state index in [1.165, 1.54) is 18.2 Å². The van der Waals surface area contributed by atoms with Gasteiger partial charge in [0.1, 0.15) is 5.82 Å². The largest absolute Gasteiger partial charge is 0.279 e. The van der Waals surface area contributed by atoms with Crippen LogP contribution in [0.3, 0.4) is 0 Å². The van der Waals surface area contributed by atoms with Crippen molar-refractivity contribution in [2.24, 2.45) is 0 Å². The fourth-order valence-electron chi connectivity index (χ4n) is 2.15. The quantitative estimate of drug-likeness (QED) is 0.919. The predicted molar refractivity (Wildman–Crippen MR) is 87.1 cm³/mol. The molecular weight excluding hydrogens is 301 g/mol. The lowest BCUT2D eigenvalue weighted by atomic mass is 9.86. The van der Waals surface area contributed by atoms with Gasteiger partial charge in [0.15, 0.2) is 0 Å². The van der Waals surface area contributed by atoms with E-state index in [1.807, 2.05) is 27.7 Å². The van der Waals surface area contributed by atoms with Crippen molar-refractivity contribution in [3.63, 3.8) is 0 Å². The number of aryl methyl sites for hydroxylation is 1. The molecule has 0 heterocycles. The summed E-state index contributed by atoms with van der Waals surface area (Å²) in [5, 5.41) is 0. The van der Waals surface area contributed by atoms with E-state index in [9.17, 15) is 12.8 Å². The lowest BCUT2D eigenvalue weighted by Gasteiger charge is -2.23. The highest BCUT2D eigenvalue weighted by Crippen LogP contribution is 2.31. The summed E-state index contributed by atoms with van der Waals surface area (Å²) in [6.45, 7) is 7.61. The first kappa shape index (κ1) is 16.5. The molecule has 0 fully saturated rings. The Hall–Kier alpha value is -1.88. The lowest BCUT2D eigenvalue weighted by Crippen LogP contribution is -2.19. The maximum Gasteiger partial charge on any atom is 0.261 e. The Kier molecular flexibility index (Phi) is 4.29. The molecule has 2 rings (SSSR count). The number of sulfonamides is 1. The Morgan fingerprint density at radius 2 is 1.59 bits per heavy atom. The van der Waals surface area contributed by atoms with Crippen molar-refractivity contribution >= 4 is 15.7 Å². The zero-order valence-electron chi connectivity index (χ0n) is 13.1. The molecular formula is C17H20FNO2S. The number of nitrogens with one attached hydrogen (secondary N) is 1. The first-order valence-electron chi connectivity index (χ1n) is 6.99. The van der Waals surface area contributed by atoms with Gasteiger partial charge in [0.05, 0.1) is 10.6 Å². The van der Waals surface area contributed by atoms with Crippen LogP contribution < -0.4 is 4.72 Å². The first-order valence-corrected chi connectivity index (χ1v) is 8.47. The van der Waals surface area contributed by atoms with Gasteiger partial charge in [0.2, 0.25) is 0 Å². The number of hydrogen-bond acceptors (Lipinski definition) is 2. The molecule has 0 aliphatic heterocycles. The summed E-state index contributed by atoms with van der Waals surface area (Å²) in [5.41, 5.74) is 1.61. The third kappa shape index (κ3) is 3.65. The van der Waals surface area contributed by atoms with Crippen LogP contribution in [0.4, 0.5) is 10.1 Å². The van der Waals surface area contributed by atoms with Gasteiger partial charge in [0, 0.05) is 0 Å². The zero-order valence-corrected chi connectivity index (χ0v) is 14.0. The van der Waals surface area contributed by atoms with Crippen molar-refractivity contribution in [2.75, 3.05) is 4.72 Å². The minimum Gasteiger partial charge on any atom is -0.279 e. The molecule has 0 aliphatic carbocycles. The molecule has 0 saturated carbocycles. The zero-order chi connectivity index (χ0) is 16.5. The molecule has 2 aromatic carbocycles. The summed E-state index contributed by atoms with van der Waals surface area (Å²) in [5.74, 6) is -0.386. The molecule has 2 aromatic rings. The average Bonchev–Trinajstić information content (AvgIpc) is 2.40. The smallest absolute Gasteiger partial charge is 0.261 e. The normalized spacial score (nSPS) is 12.2. The van der Waals surface area contributed by atoms with Gasteiger partial charge in [0.25, 0.3) is 10.0 Å². The van der Waals surface area contributed by atoms with E-state index in [1.54, 1.807) is 24.3 Å². The topological polar surface area (TPSA) is 46.2 Å². The summed E-state index contributed by atoms with van der Waals surface area (Å²) < 4.78 is 41.0. The van der Waals surface area contributed by atoms with Gasteiger partial charge in [-0.05, 0) is 48.2 Å². The predicted octanol–water partition coefficient (Wildman–Crippen LogP) is 4.23. The summed E-state index contributed by atoms with van der Waals surface area (Å²) in [7, 11) is -3.70. The highest BCUT2D eigenvalue weighted by molar-refractivity contribution is 7.92. The third-order valence-electron chi connectivity index (χ3n) is 3.37. The van der Waals surface area contributed by atoms with Crippen LogP contribution in [0.1, 0.15) is 31.9 Å². The maximum absolute atomic E-state index is 13.5. The molecule has 0 unspecified atom stereocenters. The number of hydrogen-bond donors (Lipinski definition) is 1. The van der Waals surface area contributed by atoms with E-state index < -0.39 is 10.0 Å². The summed E-state index contributed by atoms with van der Waals surface area (Å²) in [6.07, 6.45) is 0. The highest BCUT2D eigenvalue weighted by atomic mass is 32.2. The Labute approximate surface area is 131 Å². The van der Waals surface area contributed by atoms with Crippen LogP contribution in [0.25, 0.3) is 0 Å². The molecule has 0 spiro atoms. The second-order valence-electron chi connectivity index (χ2n) is 6.36. The van der Waals surface area contributed by atoms with E-state index in [-0.39, 0.29) is 16.1 Å². The van der Waals surface area contributed by atoms with Crippen LogP contribution in [0, 0.1) is 12.7 Å². The molecule has 0 aliphatic rings. The van der Waals surface area contributed by atoms with Gasteiger partial charge < -0.3 is 0 Å². The van der Waals surface area contributed by atoms with Crippen molar-refractivity contribution in [1.29, 1.82) is 0 Å². The minimum absolute atomic E-state index is 0.183. The van der Waals surface area contributed by atoms with Crippen LogP contribution >= 0.6 is 0 Å².